The highest BCUT2D eigenvalue weighted by Gasteiger charge is 2.25. The molecule has 0 radical (unpaired) electrons. The molecule has 2 saturated heterocycles. The van der Waals surface area contributed by atoms with E-state index in [-0.39, 0.29) is 17.7 Å². The number of carbonyl (C=O) groups is 2. The van der Waals surface area contributed by atoms with E-state index in [0.717, 1.165) is 62.4 Å². The first kappa shape index (κ1) is 22.2. The van der Waals surface area contributed by atoms with Gasteiger partial charge in [0, 0.05) is 37.7 Å². The van der Waals surface area contributed by atoms with E-state index in [4.69, 9.17) is 9.47 Å². The van der Waals surface area contributed by atoms with E-state index in [1.54, 1.807) is 7.11 Å². The Hall–Kier alpha value is -3.02. The quantitative estimate of drug-likeness (QED) is 0.663. The largest absolute Gasteiger partial charge is 0.497 e. The van der Waals surface area contributed by atoms with Crippen molar-refractivity contribution in [2.24, 2.45) is 5.92 Å². The predicted molar refractivity (Wildman–Crippen MR) is 123 cm³/mol. The lowest BCUT2D eigenvalue weighted by Crippen LogP contribution is -2.42. The highest BCUT2D eigenvalue weighted by Crippen LogP contribution is 2.22. The van der Waals surface area contributed by atoms with Gasteiger partial charge in [0.05, 0.1) is 20.1 Å². The predicted octanol–water partition coefficient (Wildman–Crippen LogP) is 3.79. The minimum absolute atomic E-state index is 0.0833. The van der Waals surface area contributed by atoms with Crippen molar-refractivity contribution in [1.29, 1.82) is 0 Å². The van der Waals surface area contributed by atoms with Gasteiger partial charge in [0.2, 0.25) is 5.91 Å². The Kier molecular flexibility index (Phi) is 7.30. The number of methoxy groups -OCH3 is 1. The van der Waals surface area contributed by atoms with E-state index >= 15 is 0 Å². The number of amides is 2. The molecule has 0 N–H and O–H groups in total. The summed E-state index contributed by atoms with van der Waals surface area (Å²) in [5, 5.41) is 0. The van der Waals surface area contributed by atoms with Gasteiger partial charge in [0.1, 0.15) is 11.5 Å². The van der Waals surface area contributed by atoms with Crippen molar-refractivity contribution in [2.45, 2.75) is 32.1 Å². The van der Waals surface area contributed by atoms with Crippen LogP contribution in [0.1, 0.15) is 41.6 Å². The third-order valence-corrected chi connectivity index (χ3v) is 6.32. The molecule has 0 spiro atoms. The van der Waals surface area contributed by atoms with Crippen LogP contribution in [0.4, 0.5) is 0 Å². The second-order valence-electron chi connectivity index (χ2n) is 8.71. The van der Waals surface area contributed by atoms with E-state index < -0.39 is 0 Å². The van der Waals surface area contributed by atoms with E-state index in [1.165, 1.54) is 0 Å². The molecule has 0 bridgehead atoms. The Bertz CT molecular complexity index is 939. The molecule has 0 saturated carbocycles. The Morgan fingerprint density at radius 2 is 1.69 bits per heavy atom. The summed E-state index contributed by atoms with van der Waals surface area (Å²) in [6, 6.07) is 15.1. The molecule has 0 aliphatic carbocycles. The molecule has 2 heterocycles. The lowest BCUT2D eigenvalue weighted by atomic mass is 9.98. The van der Waals surface area contributed by atoms with Gasteiger partial charge in [-0.3, -0.25) is 9.59 Å². The summed E-state index contributed by atoms with van der Waals surface area (Å²) in [4.78, 5) is 29.3. The molecule has 0 aromatic heterocycles. The average molecular weight is 437 g/mol. The molecule has 1 atom stereocenters. The first-order valence-corrected chi connectivity index (χ1v) is 11.6. The molecular formula is C26H32N2O4. The maximum Gasteiger partial charge on any atom is 0.253 e. The summed E-state index contributed by atoms with van der Waals surface area (Å²) in [5.41, 5.74) is 1.65. The fourth-order valence-corrected chi connectivity index (χ4v) is 4.53. The van der Waals surface area contributed by atoms with Crippen LogP contribution in [0.15, 0.2) is 48.5 Å². The molecule has 2 aliphatic heterocycles. The molecule has 2 aromatic rings. The second-order valence-corrected chi connectivity index (χ2v) is 8.71. The lowest BCUT2D eigenvalue weighted by Gasteiger charge is -2.32. The Labute approximate surface area is 190 Å². The summed E-state index contributed by atoms with van der Waals surface area (Å²) in [7, 11) is 1.63. The van der Waals surface area contributed by atoms with Crippen molar-refractivity contribution in [2.75, 3.05) is 39.9 Å². The SMILES string of the molecule is COc1cccc(CC(=O)N2CCCC(COc3cccc(C(=O)N4CCCC4)c3)C2)c1. The average Bonchev–Trinajstić information content (AvgIpc) is 3.38. The van der Waals surface area contributed by atoms with Gasteiger partial charge in [-0.15, -0.1) is 0 Å². The number of carbonyl (C=O) groups excluding carboxylic acids is 2. The van der Waals surface area contributed by atoms with E-state index in [1.807, 2.05) is 58.3 Å². The third-order valence-electron chi connectivity index (χ3n) is 6.32. The molecule has 2 aliphatic rings. The van der Waals surface area contributed by atoms with Gasteiger partial charge >= 0.3 is 0 Å². The van der Waals surface area contributed by atoms with Gasteiger partial charge < -0.3 is 19.3 Å². The van der Waals surface area contributed by atoms with Crippen molar-refractivity contribution in [1.82, 2.24) is 9.80 Å². The summed E-state index contributed by atoms with van der Waals surface area (Å²) < 4.78 is 11.3. The van der Waals surface area contributed by atoms with Crippen LogP contribution in [0.3, 0.4) is 0 Å². The van der Waals surface area contributed by atoms with Gasteiger partial charge in [0.25, 0.3) is 5.91 Å². The first-order valence-electron chi connectivity index (χ1n) is 11.6. The molecule has 2 amide bonds. The van der Waals surface area contributed by atoms with Crippen LogP contribution in [0.5, 0.6) is 11.5 Å². The van der Waals surface area contributed by atoms with Gasteiger partial charge in [-0.25, -0.2) is 0 Å². The van der Waals surface area contributed by atoms with E-state index in [2.05, 4.69) is 0 Å². The topological polar surface area (TPSA) is 59.1 Å². The van der Waals surface area contributed by atoms with Gasteiger partial charge in [-0.05, 0) is 61.6 Å². The number of likely N-dealkylation sites (tertiary alicyclic amines) is 2. The second kappa shape index (κ2) is 10.5. The molecule has 1 unspecified atom stereocenters. The van der Waals surface area contributed by atoms with Gasteiger partial charge in [0.15, 0.2) is 0 Å². The molecule has 6 heteroatoms. The Balaban J connectivity index is 1.30. The maximum atomic E-state index is 12.8. The number of benzene rings is 2. The van der Waals surface area contributed by atoms with Crippen molar-refractivity contribution in [3.05, 3.63) is 59.7 Å². The van der Waals surface area contributed by atoms with Crippen molar-refractivity contribution in [3.8, 4) is 11.5 Å². The number of ether oxygens (including phenoxy) is 2. The third kappa shape index (κ3) is 5.61. The lowest BCUT2D eigenvalue weighted by molar-refractivity contribution is -0.132. The van der Waals surface area contributed by atoms with Crippen LogP contribution in [0.2, 0.25) is 0 Å². The smallest absolute Gasteiger partial charge is 0.253 e. The number of piperidine rings is 1. The van der Waals surface area contributed by atoms with Crippen molar-refractivity contribution >= 4 is 11.8 Å². The maximum absolute atomic E-state index is 12.8. The van der Waals surface area contributed by atoms with Crippen LogP contribution < -0.4 is 9.47 Å². The minimum atomic E-state index is 0.0833. The summed E-state index contributed by atoms with van der Waals surface area (Å²) in [6.45, 7) is 3.72. The summed E-state index contributed by atoms with van der Waals surface area (Å²) >= 11 is 0. The first-order chi connectivity index (χ1) is 15.6. The molecule has 2 fully saturated rings. The highest BCUT2D eigenvalue weighted by atomic mass is 16.5. The van der Waals surface area contributed by atoms with Crippen LogP contribution in [-0.4, -0.2) is 61.5 Å². The number of hydrogen-bond donors (Lipinski definition) is 0. The standard InChI is InChI=1S/C26H32N2O4/c1-31-23-10-4-7-20(15-23)16-25(29)28-14-6-8-21(18-28)19-32-24-11-5-9-22(17-24)26(30)27-12-2-3-13-27/h4-5,7,9-11,15,17,21H,2-3,6,8,12-14,16,18-19H2,1H3. The van der Waals surface area contributed by atoms with E-state index in [0.29, 0.717) is 25.1 Å². The molecule has 170 valence electrons. The number of nitrogens with zero attached hydrogens (tertiary/aromatic N) is 2. The van der Waals surface area contributed by atoms with Crippen molar-refractivity contribution < 1.29 is 19.1 Å². The zero-order valence-corrected chi connectivity index (χ0v) is 18.8. The minimum Gasteiger partial charge on any atom is -0.497 e. The van der Waals surface area contributed by atoms with Crippen LogP contribution in [0.25, 0.3) is 0 Å². The zero-order chi connectivity index (χ0) is 22.3. The summed E-state index contributed by atoms with van der Waals surface area (Å²) in [6.07, 6.45) is 4.55. The molecule has 2 aromatic carbocycles. The highest BCUT2D eigenvalue weighted by molar-refractivity contribution is 5.94. The van der Waals surface area contributed by atoms with Crippen LogP contribution >= 0.6 is 0 Å². The van der Waals surface area contributed by atoms with Crippen LogP contribution in [0, 0.1) is 5.92 Å². The molecular weight excluding hydrogens is 404 g/mol. The Morgan fingerprint density at radius 1 is 0.938 bits per heavy atom. The van der Waals surface area contributed by atoms with E-state index in [9.17, 15) is 9.59 Å². The monoisotopic (exact) mass is 436 g/mol. The summed E-state index contributed by atoms with van der Waals surface area (Å²) in [5.74, 6) is 2.00. The molecule has 4 rings (SSSR count). The number of rotatable bonds is 7. The molecule has 6 nitrogen and oxygen atoms in total. The Morgan fingerprint density at radius 3 is 2.50 bits per heavy atom. The molecule has 32 heavy (non-hydrogen) atoms. The van der Waals surface area contributed by atoms with Crippen molar-refractivity contribution in [3.63, 3.8) is 0 Å². The van der Waals surface area contributed by atoms with Crippen LogP contribution in [-0.2, 0) is 11.2 Å². The normalized spacial score (nSPS) is 18.5. The fraction of sp³-hybridized carbons (Fsp3) is 0.462. The zero-order valence-electron chi connectivity index (χ0n) is 18.8. The van der Waals surface area contributed by atoms with Gasteiger partial charge in [-0.2, -0.15) is 0 Å². The number of hydrogen-bond acceptors (Lipinski definition) is 4. The fourth-order valence-electron chi connectivity index (χ4n) is 4.53. The van der Waals surface area contributed by atoms with Gasteiger partial charge in [-0.1, -0.05) is 18.2 Å².